The van der Waals surface area contributed by atoms with E-state index in [4.69, 9.17) is 4.74 Å². The van der Waals surface area contributed by atoms with Crippen molar-refractivity contribution in [2.24, 2.45) is 0 Å². The van der Waals surface area contributed by atoms with E-state index in [9.17, 15) is 12.8 Å². The van der Waals surface area contributed by atoms with Gasteiger partial charge in [0, 0.05) is 13.1 Å². The van der Waals surface area contributed by atoms with Gasteiger partial charge < -0.3 is 4.74 Å². The first kappa shape index (κ1) is 16.1. The van der Waals surface area contributed by atoms with Gasteiger partial charge in [0.25, 0.3) is 0 Å². The second-order valence-electron chi connectivity index (χ2n) is 5.54. The Morgan fingerprint density at radius 2 is 1.91 bits per heavy atom. The SMILES string of the molecule is Cc1ccc(F)cc1S(=O)(=O)N1CCOC(c2ccccc2)C1. The van der Waals surface area contributed by atoms with Crippen molar-refractivity contribution in [3.8, 4) is 0 Å². The number of aryl methyl sites for hydroxylation is 1. The number of nitrogens with zero attached hydrogens (tertiary/aromatic N) is 1. The maximum Gasteiger partial charge on any atom is 0.243 e. The zero-order valence-corrected chi connectivity index (χ0v) is 13.6. The Balaban J connectivity index is 1.90. The molecule has 0 amide bonds. The van der Waals surface area contributed by atoms with Crippen LogP contribution in [0.15, 0.2) is 53.4 Å². The number of morpholine rings is 1. The van der Waals surface area contributed by atoms with E-state index >= 15 is 0 Å². The Kier molecular flexibility index (Phi) is 4.48. The number of benzene rings is 2. The molecule has 1 aliphatic heterocycles. The second kappa shape index (κ2) is 6.39. The van der Waals surface area contributed by atoms with Gasteiger partial charge in [-0.1, -0.05) is 36.4 Å². The zero-order valence-electron chi connectivity index (χ0n) is 12.8. The van der Waals surface area contributed by atoms with Crippen molar-refractivity contribution < 1.29 is 17.5 Å². The summed E-state index contributed by atoms with van der Waals surface area (Å²) in [6.07, 6.45) is -0.311. The van der Waals surface area contributed by atoms with Gasteiger partial charge >= 0.3 is 0 Å². The van der Waals surface area contributed by atoms with Crippen LogP contribution in [0.1, 0.15) is 17.2 Å². The third-order valence-corrected chi connectivity index (χ3v) is 5.98. The highest BCUT2D eigenvalue weighted by atomic mass is 32.2. The van der Waals surface area contributed by atoms with Crippen LogP contribution in [0.25, 0.3) is 0 Å². The predicted octanol–water partition coefficient (Wildman–Crippen LogP) is 2.90. The fourth-order valence-electron chi connectivity index (χ4n) is 2.70. The molecule has 2 aromatic carbocycles. The third kappa shape index (κ3) is 3.29. The number of hydrogen-bond acceptors (Lipinski definition) is 3. The number of sulfonamides is 1. The van der Waals surface area contributed by atoms with Crippen LogP contribution in [0.4, 0.5) is 4.39 Å². The standard InChI is InChI=1S/C17H18FNO3S/c1-13-7-8-15(18)11-17(13)23(20,21)19-9-10-22-16(12-19)14-5-3-2-4-6-14/h2-8,11,16H,9-10,12H2,1H3. The lowest BCUT2D eigenvalue weighted by Crippen LogP contribution is -2.42. The lowest BCUT2D eigenvalue weighted by atomic mass is 10.1. The fraction of sp³-hybridized carbons (Fsp3) is 0.294. The van der Waals surface area contributed by atoms with Crippen molar-refractivity contribution in [2.45, 2.75) is 17.9 Å². The molecule has 3 rings (SSSR count). The molecular formula is C17H18FNO3S. The van der Waals surface area contributed by atoms with E-state index < -0.39 is 15.8 Å². The maximum atomic E-state index is 13.5. The number of hydrogen-bond donors (Lipinski definition) is 0. The quantitative estimate of drug-likeness (QED) is 0.866. The van der Waals surface area contributed by atoms with E-state index in [1.807, 2.05) is 30.3 Å². The zero-order chi connectivity index (χ0) is 16.4. The van der Waals surface area contributed by atoms with Crippen molar-refractivity contribution in [1.82, 2.24) is 4.31 Å². The van der Waals surface area contributed by atoms with Crippen LogP contribution in [-0.4, -0.2) is 32.4 Å². The normalized spacial score (nSPS) is 19.7. The molecule has 4 nitrogen and oxygen atoms in total. The lowest BCUT2D eigenvalue weighted by molar-refractivity contribution is -0.00256. The summed E-state index contributed by atoms with van der Waals surface area (Å²) in [5.74, 6) is -0.554. The Morgan fingerprint density at radius 1 is 1.17 bits per heavy atom. The Hall–Kier alpha value is -1.76. The lowest BCUT2D eigenvalue weighted by Gasteiger charge is -2.32. The van der Waals surface area contributed by atoms with Gasteiger partial charge in [0.15, 0.2) is 0 Å². The highest BCUT2D eigenvalue weighted by molar-refractivity contribution is 7.89. The molecule has 6 heteroatoms. The molecule has 0 saturated carbocycles. The minimum Gasteiger partial charge on any atom is -0.371 e. The van der Waals surface area contributed by atoms with Gasteiger partial charge in [-0.05, 0) is 30.2 Å². The van der Waals surface area contributed by atoms with Crippen LogP contribution < -0.4 is 0 Å². The van der Waals surface area contributed by atoms with Crippen molar-refractivity contribution in [2.75, 3.05) is 19.7 Å². The highest BCUT2D eigenvalue weighted by Gasteiger charge is 2.32. The van der Waals surface area contributed by atoms with E-state index in [-0.39, 0.29) is 24.1 Å². The van der Waals surface area contributed by atoms with E-state index in [0.29, 0.717) is 12.2 Å². The molecule has 23 heavy (non-hydrogen) atoms. The van der Waals surface area contributed by atoms with Crippen molar-refractivity contribution in [3.05, 3.63) is 65.5 Å². The molecule has 1 aliphatic rings. The molecule has 0 bridgehead atoms. The van der Waals surface area contributed by atoms with Gasteiger partial charge in [-0.25, -0.2) is 12.8 Å². The molecule has 0 aromatic heterocycles. The Morgan fingerprint density at radius 3 is 2.65 bits per heavy atom. The van der Waals surface area contributed by atoms with Crippen molar-refractivity contribution in [1.29, 1.82) is 0 Å². The van der Waals surface area contributed by atoms with Crippen molar-refractivity contribution in [3.63, 3.8) is 0 Å². The number of rotatable bonds is 3. The van der Waals surface area contributed by atoms with Crippen LogP contribution >= 0.6 is 0 Å². The fourth-order valence-corrected chi connectivity index (χ4v) is 4.37. The predicted molar refractivity (Wildman–Crippen MR) is 85.0 cm³/mol. The van der Waals surface area contributed by atoms with Gasteiger partial charge in [-0.15, -0.1) is 0 Å². The molecule has 2 aromatic rings. The van der Waals surface area contributed by atoms with Gasteiger partial charge in [0.1, 0.15) is 5.82 Å². The van der Waals surface area contributed by atoms with Crippen LogP contribution in [0.2, 0.25) is 0 Å². The largest absolute Gasteiger partial charge is 0.371 e. The van der Waals surface area contributed by atoms with Gasteiger partial charge in [-0.3, -0.25) is 0 Å². The summed E-state index contributed by atoms with van der Waals surface area (Å²) < 4.78 is 46.2. The van der Waals surface area contributed by atoms with Gasteiger partial charge in [0.2, 0.25) is 10.0 Å². The average molecular weight is 335 g/mol. The summed E-state index contributed by atoms with van der Waals surface area (Å²) in [5, 5.41) is 0. The molecule has 0 spiro atoms. The summed E-state index contributed by atoms with van der Waals surface area (Å²) >= 11 is 0. The molecule has 122 valence electrons. The third-order valence-electron chi connectivity index (χ3n) is 3.97. The molecule has 0 aliphatic carbocycles. The molecule has 0 radical (unpaired) electrons. The van der Waals surface area contributed by atoms with Gasteiger partial charge in [0.05, 0.1) is 17.6 Å². The van der Waals surface area contributed by atoms with E-state index in [1.165, 1.54) is 16.4 Å². The summed E-state index contributed by atoms with van der Waals surface area (Å²) in [6.45, 7) is 2.47. The minimum absolute atomic E-state index is 0.0196. The highest BCUT2D eigenvalue weighted by Crippen LogP contribution is 2.28. The first-order valence-electron chi connectivity index (χ1n) is 7.41. The molecular weight excluding hydrogens is 317 g/mol. The van der Waals surface area contributed by atoms with Crippen LogP contribution in [0.5, 0.6) is 0 Å². The van der Waals surface area contributed by atoms with Crippen LogP contribution in [-0.2, 0) is 14.8 Å². The average Bonchev–Trinajstić information content (AvgIpc) is 2.58. The second-order valence-corrected chi connectivity index (χ2v) is 7.45. The van der Waals surface area contributed by atoms with E-state index in [2.05, 4.69) is 0 Å². The van der Waals surface area contributed by atoms with E-state index in [0.717, 1.165) is 11.6 Å². The van der Waals surface area contributed by atoms with Crippen LogP contribution in [0.3, 0.4) is 0 Å². The number of halogens is 1. The minimum atomic E-state index is -3.74. The molecule has 1 fully saturated rings. The summed E-state index contributed by atoms with van der Waals surface area (Å²) in [6, 6.07) is 13.3. The summed E-state index contributed by atoms with van der Waals surface area (Å²) in [4.78, 5) is 0.0196. The number of ether oxygens (including phenoxy) is 1. The summed E-state index contributed by atoms with van der Waals surface area (Å²) in [5.41, 5.74) is 1.47. The van der Waals surface area contributed by atoms with Gasteiger partial charge in [-0.2, -0.15) is 4.31 Å². The Bertz CT molecular complexity index is 793. The maximum absolute atomic E-state index is 13.5. The first-order chi connectivity index (χ1) is 11.0. The van der Waals surface area contributed by atoms with Crippen LogP contribution in [0, 0.1) is 12.7 Å². The molecule has 0 N–H and O–H groups in total. The van der Waals surface area contributed by atoms with Crippen molar-refractivity contribution >= 4 is 10.0 Å². The van der Waals surface area contributed by atoms with E-state index in [1.54, 1.807) is 6.92 Å². The first-order valence-corrected chi connectivity index (χ1v) is 8.85. The molecule has 1 heterocycles. The molecule has 1 saturated heterocycles. The monoisotopic (exact) mass is 335 g/mol. The molecule has 1 atom stereocenters. The Labute approximate surface area is 135 Å². The smallest absolute Gasteiger partial charge is 0.243 e. The summed E-state index contributed by atoms with van der Waals surface area (Å²) in [7, 11) is -3.74. The molecule has 1 unspecified atom stereocenters. The topological polar surface area (TPSA) is 46.6 Å².